The van der Waals surface area contributed by atoms with E-state index in [1.807, 2.05) is 0 Å². The van der Waals surface area contributed by atoms with Gasteiger partial charge in [0.25, 0.3) is 0 Å². The topological polar surface area (TPSA) is 0 Å². The molecule has 1 aliphatic carbocycles. The highest BCUT2D eigenvalue weighted by Gasteiger charge is 2.35. The minimum absolute atomic E-state index is 0.0174. The molecule has 0 heterocycles. The van der Waals surface area contributed by atoms with Crippen LogP contribution < -0.4 is 0 Å². The molecular weight excluding hydrogens is 396 g/mol. The molecule has 0 radical (unpaired) electrons. The van der Waals surface area contributed by atoms with E-state index in [-0.39, 0.29) is 5.41 Å². The average molecular weight is 423 g/mol. The van der Waals surface area contributed by atoms with Gasteiger partial charge in [0, 0.05) is 5.41 Å². The molecule has 0 fully saturated rings. The first-order valence-corrected chi connectivity index (χ1v) is 11.6. The Morgan fingerprint density at radius 2 is 0.848 bits per heavy atom. The van der Waals surface area contributed by atoms with Crippen molar-refractivity contribution in [3.05, 3.63) is 132 Å². The van der Waals surface area contributed by atoms with E-state index in [1.54, 1.807) is 0 Å². The van der Waals surface area contributed by atoms with Crippen molar-refractivity contribution in [1.29, 1.82) is 0 Å². The molecule has 0 nitrogen and oxygen atoms in total. The summed E-state index contributed by atoms with van der Waals surface area (Å²) in [4.78, 5) is 0. The van der Waals surface area contributed by atoms with Crippen molar-refractivity contribution >= 4 is 0 Å². The Labute approximate surface area is 196 Å². The predicted molar refractivity (Wildman–Crippen MR) is 140 cm³/mol. The summed E-state index contributed by atoms with van der Waals surface area (Å²) >= 11 is 0. The molecule has 0 saturated heterocycles. The third-order valence-corrected chi connectivity index (χ3v) is 7.08. The monoisotopic (exact) mass is 422 g/mol. The highest BCUT2D eigenvalue weighted by molar-refractivity contribution is 5.84. The second-order valence-electron chi connectivity index (χ2n) is 9.46. The van der Waals surface area contributed by atoms with Crippen molar-refractivity contribution in [2.75, 3.05) is 0 Å². The lowest BCUT2D eigenvalue weighted by atomic mass is 9.81. The second-order valence-corrected chi connectivity index (χ2v) is 9.46. The van der Waals surface area contributed by atoms with Gasteiger partial charge in [-0.25, -0.2) is 0 Å². The molecule has 0 bridgehead atoms. The van der Waals surface area contributed by atoms with E-state index in [4.69, 9.17) is 0 Å². The maximum absolute atomic E-state index is 2.40. The van der Waals surface area contributed by atoms with E-state index in [2.05, 4.69) is 135 Å². The van der Waals surface area contributed by atoms with E-state index in [0.717, 1.165) is 0 Å². The fourth-order valence-electron chi connectivity index (χ4n) is 5.27. The summed E-state index contributed by atoms with van der Waals surface area (Å²) < 4.78 is 0. The van der Waals surface area contributed by atoms with Crippen molar-refractivity contribution in [3.8, 4) is 44.5 Å². The quantitative estimate of drug-likeness (QED) is 0.272. The summed E-state index contributed by atoms with van der Waals surface area (Å²) in [5.41, 5.74) is 13.1. The Kier molecular flexibility index (Phi) is 4.55. The van der Waals surface area contributed by atoms with Crippen molar-refractivity contribution in [3.63, 3.8) is 0 Å². The molecule has 5 aromatic carbocycles. The van der Waals surface area contributed by atoms with Crippen LogP contribution in [0.1, 0.15) is 25.0 Å². The van der Waals surface area contributed by atoms with Crippen molar-refractivity contribution in [2.24, 2.45) is 0 Å². The lowest BCUT2D eigenvalue weighted by Gasteiger charge is -2.22. The van der Waals surface area contributed by atoms with Crippen molar-refractivity contribution in [1.82, 2.24) is 0 Å². The lowest BCUT2D eigenvalue weighted by molar-refractivity contribution is 0.660. The SMILES string of the molecule is CC1(C)c2ccccc2-c2ccc(-c3cccc(-c4cccc(-c5ccccc5)c4)c3)cc21. The number of benzene rings is 5. The van der Waals surface area contributed by atoms with Gasteiger partial charge in [-0.15, -0.1) is 0 Å². The second kappa shape index (κ2) is 7.60. The summed E-state index contributed by atoms with van der Waals surface area (Å²) in [6.07, 6.45) is 0. The van der Waals surface area contributed by atoms with Crippen LogP contribution in [0.3, 0.4) is 0 Å². The van der Waals surface area contributed by atoms with Crippen LogP contribution in [0.4, 0.5) is 0 Å². The minimum Gasteiger partial charge on any atom is -0.0622 e. The molecule has 33 heavy (non-hydrogen) atoms. The number of rotatable bonds is 3. The van der Waals surface area contributed by atoms with Crippen LogP contribution in [0.25, 0.3) is 44.5 Å². The fourth-order valence-corrected chi connectivity index (χ4v) is 5.27. The van der Waals surface area contributed by atoms with E-state index in [1.165, 1.54) is 55.6 Å². The molecule has 0 spiro atoms. The van der Waals surface area contributed by atoms with Crippen LogP contribution in [0.15, 0.2) is 121 Å². The molecule has 158 valence electrons. The zero-order valence-corrected chi connectivity index (χ0v) is 19.0. The van der Waals surface area contributed by atoms with Gasteiger partial charge >= 0.3 is 0 Å². The van der Waals surface area contributed by atoms with Gasteiger partial charge in [0.15, 0.2) is 0 Å². The van der Waals surface area contributed by atoms with E-state index < -0.39 is 0 Å². The molecule has 0 saturated carbocycles. The Morgan fingerprint density at radius 3 is 1.52 bits per heavy atom. The van der Waals surface area contributed by atoms with Gasteiger partial charge in [0.1, 0.15) is 0 Å². The summed E-state index contributed by atoms with van der Waals surface area (Å²) in [5, 5.41) is 0. The maximum atomic E-state index is 2.40. The van der Waals surface area contributed by atoms with Gasteiger partial charge in [-0.2, -0.15) is 0 Å². The average Bonchev–Trinajstić information content (AvgIpc) is 3.11. The summed E-state index contributed by atoms with van der Waals surface area (Å²) in [7, 11) is 0. The van der Waals surface area contributed by atoms with Gasteiger partial charge in [-0.3, -0.25) is 0 Å². The molecule has 0 atom stereocenters. The first kappa shape index (κ1) is 19.8. The first-order valence-electron chi connectivity index (χ1n) is 11.6. The van der Waals surface area contributed by atoms with Crippen LogP contribution in [0.5, 0.6) is 0 Å². The molecule has 1 aliphatic rings. The summed E-state index contributed by atoms with van der Waals surface area (Å²) in [6, 6.07) is 44.1. The fraction of sp³-hybridized carbons (Fsp3) is 0.0909. The van der Waals surface area contributed by atoms with E-state index in [0.29, 0.717) is 0 Å². The Morgan fingerprint density at radius 1 is 0.364 bits per heavy atom. The molecule has 5 aromatic rings. The Bertz CT molecular complexity index is 1470. The van der Waals surface area contributed by atoms with Crippen LogP contribution in [0.2, 0.25) is 0 Å². The van der Waals surface area contributed by atoms with Crippen molar-refractivity contribution < 1.29 is 0 Å². The number of hydrogen-bond donors (Lipinski definition) is 0. The zero-order valence-electron chi connectivity index (χ0n) is 19.0. The third kappa shape index (κ3) is 3.31. The molecule has 0 aliphatic heterocycles. The van der Waals surface area contributed by atoms with Gasteiger partial charge in [0.05, 0.1) is 0 Å². The van der Waals surface area contributed by atoms with Gasteiger partial charge in [0.2, 0.25) is 0 Å². The van der Waals surface area contributed by atoms with Gasteiger partial charge in [-0.1, -0.05) is 117 Å². The molecule has 0 unspecified atom stereocenters. The van der Waals surface area contributed by atoms with E-state index >= 15 is 0 Å². The van der Waals surface area contributed by atoms with Crippen LogP contribution in [0, 0.1) is 0 Å². The van der Waals surface area contributed by atoms with Gasteiger partial charge in [-0.05, 0) is 73.8 Å². The molecule has 0 amide bonds. The number of hydrogen-bond acceptors (Lipinski definition) is 0. The predicted octanol–water partition coefficient (Wildman–Crippen LogP) is 8.99. The summed E-state index contributed by atoms with van der Waals surface area (Å²) in [5.74, 6) is 0. The highest BCUT2D eigenvalue weighted by Crippen LogP contribution is 2.49. The molecule has 0 N–H and O–H groups in total. The Hall–Kier alpha value is -3.90. The standard InChI is InChI=1S/C33H26/c1-33(2)31-17-7-6-16-29(31)30-19-18-28(22-32(30)33)27-15-9-14-26(21-27)25-13-8-12-24(20-25)23-10-4-3-5-11-23/h3-22H,1-2H3. The van der Waals surface area contributed by atoms with E-state index in [9.17, 15) is 0 Å². The zero-order chi connectivity index (χ0) is 22.4. The highest BCUT2D eigenvalue weighted by atomic mass is 14.4. The maximum Gasteiger partial charge on any atom is 0.0159 e. The van der Waals surface area contributed by atoms with Crippen LogP contribution in [-0.4, -0.2) is 0 Å². The summed E-state index contributed by atoms with van der Waals surface area (Å²) in [6.45, 7) is 4.68. The normalized spacial score (nSPS) is 13.4. The molecule has 0 aromatic heterocycles. The largest absolute Gasteiger partial charge is 0.0622 e. The lowest BCUT2D eigenvalue weighted by Crippen LogP contribution is -2.14. The third-order valence-electron chi connectivity index (χ3n) is 7.08. The Balaban J connectivity index is 1.40. The van der Waals surface area contributed by atoms with Crippen molar-refractivity contribution in [2.45, 2.75) is 19.3 Å². The molecule has 0 heteroatoms. The van der Waals surface area contributed by atoms with Crippen LogP contribution >= 0.6 is 0 Å². The van der Waals surface area contributed by atoms with Gasteiger partial charge < -0.3 is 0 Å². The minimum atomic E-state index is 0.0174. The van der Waals surface area contributed by atoms with Crippen LogP contribution in [-0.2, 0) is 5.41 Å². The smallest absolute Gasteiger partial charge is 0.0159 e. The molecule has 6 rings (SSSR count). The number of fused-ring (bicyclic) bond motifs is 3. The molecular formula is C33H26. The first-order chi connectivity index (χ1) is 16.1.